The minimum Gasteiger partial charge on any atom is -0.478 e. The van der Waals surface area contributed by atoms with E-state index in [-0.39, 0.29) is 23.5 Å². The van der Waals surface area contributed by atoms with E-state index in [1.165, 1.54) is 18.2 Å². The van der Waals surface area contributed by atoms with Gasteiger partial charge in [-0.1, -0.05) is 0 Å². The maximum absolute atomic E-state index is 11.5. The molecule has 1 heterocycles. The summed E-state index contributed by atoms with van der Waals surface area (Å²) in [6.07, 6.45) is 0.469. The molecule has 0 bridgehead atoms. The van der Waals surface area contributed by atoms with Crippen LogP contribution in [0.1, 0.15) is 23.7 Å². The van der Waals surface area contributed by atoms with Gasteiger partial charge in [0.05, 0.1) is 15.9 Å². The standard InChI is InChI=1S/C13H15N3O5/c1-13(12(14)19)4-5-15(7-13)10-6-8(11(17)18)2-3-9(10)16(20)21/h2-3,6H,4-5,7H2,1H3,(H2,14,19)(H,17,18). The van der Waals surface area contributed by atoms with E-state index in [4.69, 9.17) is 10.8 Å². The number of hydrogen-bond donors (Lipinski definition) is 2. The first-order valence-corrected chi connectivity index (χ1v) is 6.31. The zero-order valence-electron chi connectivity index (χ0n) is 11.4. The maximum atomic E-state index is 11.5. The Morgan fingerprint density at radius 2 is 2.14 bits per heavy atom. The summed E-state index contributed by atoms with van der Waals surface area (Å²) < 4.78 is 0. The average molecular weight is 293 g/mol. The molecular formula is C13H15N3O5. The van der Waals surface area contributed by atoms with Gasteiger partial charge in [-0.15, -0.1) is 0 Å². The van der Waals surface area contributed by atoms with Gasteiger partial charge in [-0.25, -0.2) is 4.79 Å². The Labute approximate surface area is 120 Å². The number of carboxylic acid groups (broad SMARTS) is 1. The Hall–Kier alpha value is -2.64. The van der Waals surface area contributed by atoms with Gasteiger partial charge in [-0.3, -0.25) is 14.9 Å². The number of aromatic carboxylic acids is 1. The first-order valence-electron chi connectivity index (χ1n) is 6.31. The molecule has 1 aliphatic rings. The summed E-state index contributed by atoms with van der Waals surface area (Å²) in [4.78, 5) is 34.6. The number of nitrogens with two attached hydrogens (primary N) is 1. The molecule has 0 spiro atoms. The lowest BCUT2D eigenvalue weighted by Gasteiger charge is -2.22. The third kappa shape index (κ3) is 2.64. The highest BCUT2D eigenvalue weighted by atomic mass is 16.6. The molecule has 1 aromatic carbocycles. The van der Waals surface area contributed by atoms with E-state index < -0.39 is 22.2 Å². The number of nitrogens with zero attached hydrogens (tertiary/aromatic N) is 2. The Balaban J connectivity index is 2.43. The molecule has 1 atom stereocenters. The number of amides is 1. The van der Waals surface area contributed by atoms with Crippen LogP contribution < -0.4 is 10.6 Å². The highest BCUT2D eigenvalue weighted by molar-refractivity contribution is 5.90. The number of benzene rings is 1. The lowest BCUT2D eigenvalue weighted by molar-refractivity contribution is -0.384. The number of rotatable bonds is 4. The molecule has 8 heteroatoms. The number of carboxylic acids is 1. The fraction of sp³-hybridized carbons (Fsp3) is 0.385. The van der Waals surface area contributed by atoms with Crippen molar-refractivity contribution in [2.45, 2.75) is 13.3 Å². The lowest BCUT2D eigenvalue weighted by atomic mass is 9.89. The summed E-state index contributed by atoms with van der Waals surface area (Å²) in [5.74, 6) is -1.63. The first kappa shape index (κ1) is 14.8. The molecule has 1 saturated heterocycles. The monoisotopic (exact) mass is 293 g/mol. The van der Waals surface area contributed by atoms with E-state index in [1.807, 2.05) is 0 Å². The molecule has 112 valence electrons. The van der Waals surface area contributed by atoms with Gasteiger partial charge in [-0.05, 0) is 25.5 Å². The van der Waals surface area contributed by atoms with Crippen LogP contribution in [0.4, 0.5) is 11.4 Å². The summed E-state index contributed by atoms with van der Waals surface area (Å²) in [6.45, 7) is 2.33. The van der Waals surface area contributed by atoms with Crippen LogP contribution in [-0.2, 0) is 4.79 Å². The van der Waals surface area contributed by atoms with Crippen LogP contribution >= 0.6 is 0 Å². The van der Waals surface area contributed by atoms with Crippen molar-refractivity contribution in [2.24, 2.45) is 11.1 Å². The largest absolute Gasteiger partial charge is 0.478 e. The number of nitro groups is 1. The molecule has 1 aliphatic heterocycles. The molecule has 2 rings (SSSR count). The molecule has 0 saturated carbocycles. The van der Waals surface area contributed by atoms with Crippen LogP contribution in [0.25, 0.3) is 0 Å². The van der Waals surface area contributed by atoms with Gasteiger partial charge in [0.15, 0.2) is 0 Å². The Bertz CT molecular complexity index is 630. The number of carbonyl (C=O) groups excluding carboxylic acids is 1. The normalized spacial score (nSPS) is 21.3. The van der Waals surface area contributed by atoms with E-state index in [0.717, 1.165) is 0 Å². The quantitative estimate of drug-likeness (QED) is 0.629. The van der Waals surface area contributed by atoms with Crippen molar-refractivity contribution in [3.8, 4) is 0 Å². The van der Waals surface area contributed by atoms with Crippen LogP contribution in [0.2, 0.25) is 0 Å². The molecule has 1 unspecified atom stereocenters. The predicted molar refractivity (Wildman–Crippen MR) is 74.2 cm³/mol. The van der Waals surface area contributed by atoms with Crippen molar-refractivity contribution in [3.63, 3.8) is 0 Å². The van der Waals surface area contributed by atoms with Crippen LogP contribution in [0.15, 0.2) is 18.2 Å². The van der Waals surface area contributed by atoms with E-state index >= 15 is 0 Å². The molecule has 1 amide bonds. The minimum atomic E-state index is -1.16. The molecular weight excluding hydrogens is 278 g/mol. The van der Waals surface area contributed by atoms with Gasteiger partial charge in [0, 0.05) is 19.2 Å². The first-order chi connectivity index (χ1) is 9.74. The van der Waals surface area contributed by atoms with Crippen molar-refractivity contribution < 1.29 is 19.6 Å². The summed E-state index contributed by atoms with van der Waals surface area (Å²) in [5, 5.41) is 20.1. The fourth-order valence-corrected chi connectivity index (χ4v) is 2.43. The van der Waals surface area contributed by atoms with Crippen LogP contribution in [0.5, 0.6) is 0 Å². The number of primary amides is 1. The van der Waals surface area contributed by atoms with E-state index in [0.29, 0.717) is 13.0 Å². The molecule has 3 N–H and O–H groups in total. The van der Waals surface area contributed by atoms with Gasteiger partial charge >= 0.3 is 5.97 Å². The van der Waals surface area contributed by atoms with Gasteiger partial charge < -0.3 is 15.7 Å². The predicted octanol–water partition coefficient (Wildman–Crippen LogP) is 0.995. The van der Waals surface area contributed by atoms with Gasteiger partial charge in [0.2, 0.25) is 5.91 Å². The number of nitro benzene ring substituents is 1. The molecule has 1 aromatic rings. The van der Waals surface area contributed by atoms with Crippen molar-refractivity contribution in [2.75, 3.05) is 18.0 Å². The Morgan fingerprint density at radius 3 is 2.62 bits per heavy atom. The zero-order chi connectivity index (χ0) is 15.8. The molecule has 8 nitrogen and oxygen atoms in total. The second-order valence-electron chi connectivity index (χ2n) is 5.36. The molecule has 0 aromatic heterocycles. The summed E-state index contributed by atoms with van der Waals surface area (Å²) in [6, 6.07) is 3.61. The molecule has 21 heavy (non-hydrogen) atoms. The average Bonchev–Trinajstić information content (AvgIpc) is 2.82. The Kier molecular flexibility index (Phi) is 3.54. The third-order valence-electron chi connectivity index (χ3n) is 3.83. The van der Waals surface area contributed by atoms with Crippen molar-refractivity contribution >= 4 is 23.3 Å². The lowest BCUT2D eigenvalue weighted by Crippen LogP contribution is -2.37. The van der Waals surface area contributed by atoms with E-state index in [2.05, 4.69) is 0 Å². The van der Waals surface area contributed by atoms with Crippen LogP contribution in [0.3, 0.4) is 0 Å². The maximum Gasteiger partial charge on any atom is 0.335 e. The molecule has 0 aliphatic carbocycles. The summed E-state index contributed by atoms with van der Waals surface area (Å²) >= 11 is 0. The summed E-state index contributed by atoms with van der Waals surface area (Å²) in [5.41, 5.74) is 4.56. The second kappa shape index (κ2) is 5.04. The van der Waals surface area contributed by atoms with Gasteiger partial charge in [0.25, 0.3) is 5.69 Å². The smallest absolute Gasteiger partial charge is 0.335 e. The zero-order valence-corrected chi connectivity index (χ0v) is 11.4. The van der Waals surface area contributed by atoms with Crippen LogP contribution in [-0.4, -0.2) is 35.0 Å². The second-order valence-corrected chi connectivity index (χ2v) is 5.36. The van der Waals surface area contributed by atoms with E-state index in [1.54, 1.807) is 11.8 Å². The topological polar surface area (TPSA) is 127 Å². The van der Waals surface area contributed by atoms with Crippen molar-refractivity contribution in [1.82, 2.24) is 0 Å². The summed E-state index contributed by atoms with van der Waals surface area (Å²) in [7, 11) is 0. The molecule has 0 radical (unpaired) electrons. The van der Waals surface area contributed by atoms with Crippen LogP contribution in [0, 0.1) is 15.5 Å². The third-order valence-corrected chi connectivity index (χ3v) is 3.83. The van der Waals surface area contributed by atoms with E-state index in [9.17, 15) is 19.7 Å². The minimum absolute atomic E-state index is 0.0386. The van der Waals surface area contributed by atoms with Crippen molar-refractivity contribution in [3.05, 3.63) is 33.9 Å². The van der Waals surface area contributed by atoms with Gasteiger partial charge in [-0.2, -0.15) is 0 Å². The highest BCUT2D eigenvalue weighted by Crippen LogP contribution is 2.37. The number of carbonyl (C=O) groups is 2. The van der Waals surface area contributed by atoms with Crippen molar-refractivity contribution in [1.29, 1.82) is 0 Å². The number of anilines is 1. The SMILES string of the molecule is CC1(C(N)=O)CCN(c2cc(C(=O)O)ccc2[N+](=O)[O-])C1. The Morgan fingerprint density at radius 1 is 1.48 bits per heavy atom. The van der Waals surface area contributed by atoms with Gasteiger partial charge in [0.1, 0.15) is 5.69 Å². The fourth-order valence-electron chi connectivity index (χ4n) is 2.43. The number of hydrogen-bond acceptors (Lipinski definition) is 5. The highest BCUT2D eigenvalue weighted by Gasteiger charge is 2.40. The molecule has 1 fully saturated rings.